The van der Waals surface area contributed by atoms with Crippen molar-refractivity contribution in [3.8, 4) is 0 Å². The molecular formula is C15H30N2O3. The Morgan fingerprint density at radius 2 is 1.85 bits per heavy atom. The van der Waals surface area contributed by atoms with Gasteiger partial charge in [0.2, 0.25) is 0 Å². The zero-order chi connectivity index (χ0) is 15.9. The molecule has 0 fully saturated rings. The summed E-state index contributed by atoms with van der Waals surface area (Å²) in [5.74, 6) is -0.962. The summed E-state index contributed by atoms with van der Waals surface area (Å²) in [5.41, 5.74) is -0.0730. The molecule has 0 bridgehead atoms. The lowest BCUT2D eigenvalue weighted by Crippen LogP contribution is -2.43. The quantitative estimate of drug-likeness (QED) is 0.756. The van der Waals surface area contributed by atoms with Gasteiger partial charge in [-0.1, -0.05) is 41.0 Å². The number of rotatable bonds is 7. The predicted molar refractivity (Wildman–Crippen MR) is 80.7 cm³/mol. The van der Waals surface area contributed by atoms with Crippen molar-refractivity contribution < 1.29 is 14.7 Å². The number of carbonyl (C=O) groups is 2. The topological polar surface area (TPSA) is 69.6 Å². The Labute approximate surface area is 122 Å². The van der Waals surface area contributed by atoms with Crippen LogP contribution in [0.4, 0.5) is 4.79 Å². The monoisotopic (exact) mass is 286 g/mol. The van der Waals surface area contributed by atoms with Gasteiger partial charge in [0.15, 0.2) is 0 Å². The van der Waals surface area contributed by atoms with Crippen molar-refractivity contribution in [3.05, 3.63) is 0 Å². The fourth-order valence-corrected chi connectivity index (χ4v) is 2.01. The van der Waals surface area contributed by atoms with Crippen LogP contribution >= 0.6 is 0 Å². The molecule has 20 heavy (non-hydrogen) atoms. The van der Waals surface area contributed by atoms with Crippen LogP contribution in [-0.4, -0.2) is 42.1 Å². The molecule has 5 heteroatoms. The maximum atomic E-state index is 11.9. The van der Waals surface area contributed by atoms with Crippen LogP contribution in [0.3, 0.4) is 0 Å². The summed E-state index contributed by atoms with van der Waals surface area (Å²) in [5, 5.41) is 11.9. The highest BCUT2D eigenvalue weighted by atomic mass is 16.4. The van der Waals surface area contributed by atoms with Gasteiger partial charge in [0.1, 0.15) is 0 Å². The summed E-state index contributed by atoms with van der Waals surface area (Å²) in [7, 11) is 1.74. The molecule has 0 saturated carbocycles. The second kappa shape index (κ2) is 8.12. The van der Waals surface area contributed by atoms with Crippen molar-refractivity contribution in [2.24, 2.45) is 17.3 Å². The molecule has 2 N–H and O–H groups in total. The number of urea groups is 1. The van der Waals surface area contributed by atoms with E-state index in [0.717, 1.165) is 6.42 Å². The Morgan fingerprint density at radius 3 is 2.25 bits per heavy atom. The summed E-state index contributed by atoms with van der Waals surface area (Å²) < 4.78 is 0. The van der Waals surface area contributed by atoms with Gasteiger partial charge in [0, 0.05) is 20.1 Å². The summed E-state index contributed by atoms with van der Waals surface area (Å²) >= 11 is 0. The fourth-order valence-electron chi connectivity index (χ4n) is 2.01. The van der Waals surface area contributed by atoms with E-state index >= 15 is 0 Å². The van der Waals surface area contributed by atoms with Gasteiger partial charge in [0.25, 0.3) is 0 Å². The molecule has 0 aliphatic carbocycles. The van der Waals surface area contributed by atoms with Crippen LogP contribution in [-0.2, 0) is 4.79 Å². The third kappa shape index (κ3) is 8.02. The number of hydrogen-bond acceptors (Lipinski definition) is 2. The van der Waals surface area contributed by atoms with Gasteiger partial charge in [-0.15, -0.1) is 0 Å². The molecule has 118 valence electrons. The van der Waals surface area contributed by atoms with Gasteiger partial charge in [-0.2, -0.15) is 0 Å². The minimum absolute atomic E-state index is 0.0730. The Morgan fingerprint density at radius 1 is 1.30 bits per heavy atom. The van der Waals surface area contributed by atoms with Crippen molar-refractivity contribution in [2.75, 3.05) is 20.1 Å². The number of amides is 2. The van der Waals surface area contributed by atoms with Crippen molar-refractivity contribution >= 4 is 12.0 Å². The molecule has 0 aromatic heterocycles. The van der Waals surface area contributed by atoms with Crippen LogP contribution in [0, 0.1) is 17.3 Å². The second-order valence-electron chi connectivity index (χ2n) is 6.88. The summed E-state index contributed by atoms with van der Waals surface area (Å²) in [6.07, 6.45) is 1.55. The fraction of sp³-hybridized carbons (Fsp3) is 0.867. The van der Waals surface area contributed by atoms with E-state index in [1.54, 1.807) is 11.9 Å². The average molecular weight is 286 g/mol. The number of nitrogens with zero attached hydrogens (tertiary/aromatic N) is 1. The molecule has 0 aliphatic rings. The second-order valence-corrected chi connectivity index (χ2v) is 6.88. The number of nitrogens with one attached hydrogen (secondary N) is 1. The van der Waals surface area contributed by atoms with Crippen LogP contribution in [0.25, 0.3) is 0 Å². The molecular weight excluding hydrogens is 256 g/mol. The lowest BCUT2D eigenvalue weighted by Gasteiger charge is -2.25. The van der Waals surface area contributed by atoms with E-state index in [1.165, 1.54) is 0 Å². The largest absolute Gasteiger partial charge is 0.481 e. The number of carbonyl (C=O) groups excluding carboxylic acids is 1. The summed E-state index contributed by atoms with van der Waals surface area (Å²) in [4.78, 5) is 24.7. The maximum absolute atomic E-state index is 11.9. The number of hydrogen-bond donors (Lipinski definition) is 2. The highest BCUT2D eigenvalue weighted by Gasteiger charge is 2.25. The number of carboxylic acid groups (broad SMARTS) is 1. The van der Waals surface area contributed by atoms with Gasteiger partial charge in [-0.05, 0) is 17.8 Å². The maximum Gasteiger partial charge on any atom is 0.317 e. The minimum atomic E-state index is -0.857. The highest BCUT2D eigenvalue weighted by Crippen LogP contribution is 2.24. The van der Waals surface area contributed by atoms with E-state index in [1.807, 2.05) is 20.8 Å². The van der Waals surface area contributed by atoms with Crippen LogP contribution in [0.5, 0.6) is 0 Å². The smallest absolute Gasteiger partial charge is 0.317 e. The van der Waals surface area contributed by atoms with Crippen molar-refractivity contribution in [1.29, 1.82) is 0 Å². The molecule has 0 saturated heterocycles. The first kappa shape index (κ1) is 18.7. The summed E-state index contributed by atoms with van der Waals surface area (Å²) in [6.45, 7) is 11.0. The molecule has 2 amide bonds. The van der Waals surface area contributed by atoms with Crippen LogP contribution < -0.4 is 5.32 Å². The highest BCUT2D eigenvalue weighted by molar-refractivity contribution is 5.75. The molecule has 0 rings (SSSR count). The van der Waals surface area contributed by atoms with Gasteiger partial charge >= 0.3 is 12.0 Å². The molecule has 2 atom stereocenters. The third-order valence-corrected chi connectivity index (χ3v) is 3.34. The zero-order valence-electron chi connectivity index (χ0n) is 13.7. The number of aliphatic carboxylic acids is 1. The van der Waals surface area contributed by atoms with E-state index in [9.17, 15) is 14.7 Å². The molecule has 0 aromatic carbocycles. The lowest BCUT2D eigenvalue weighted by atomic mass is 9.84. The van der Waals surface area contributed by atoms with Crippen LogP contribution in [0.1, 0.15) is 47.5 Å². The standard InChI is InChI=1S/C15H30N2O3/c1-7-11(2)10-17(6)14(20)16-9-12(13(18)19)8-15(3,4)5/h11-12H,7-10H2,1-6H3,(H,16,20)(H,18,19). The van der Waals surface area contributed by atoms with Crippen LogP contribution in [0.2, 0.25) is 0 Å². The molecule has 0 spiro atoms. The SMILES string of the molecule is CCC(C)CN(C)C(=O)NCC(CC(C)(C)C)C(=O)O. The normalized spacial score (nSPS) is 14.5. The van der Waals surface area contributed by atoms with Gasteiger partial charge in [0.05, 0.1) is 5.92 Å². The van der Waals surface area contributed by atoms with E-state index < -0.39 is 11.9 Å². The van der Waals surface area contributed by atoms with E-state index in [-0.39, 0.29) is 18.0 Å². The molecule has 0 aliphatic heterocycles. The van der Waals surface area contributed by atoms with Crippen molar-refractivity contribution in [1.82, 2.24) is 10.2 Å². The predicted octanol–water partition coefficient (Wildman–Crippen LogP) is 2.81. The van der Waals surface area contributed by atoms with E-state index in [4.69, 9.17) is 0 Å². The Hall–Kier alpha value is -1.26. The zero-order valence-corrected chi connectivity index (χ0v) is 13.7. The lowest BCUT2D eigenvalue weighted by molar-refractivity contribution is -0.142. The first-order valence-electron chi connectivity index (χ1n) is 7.28. The van der Waals surface area contributed by atoms with Crippen LogP contribution in [0.15, 0.2) is 0 Å². The van der Waals surface area contributed by atoms with E-state index in [0.29, 0.717) is 18.9 Å². The third-order valence-electron chi connectivity index (χ3n) is 3.34. The Bertz CT molecular complexity index is 324. The van der Waals surface area contributed by atoms with Gasteiger partial charge < -0.3 is 15.3 Å². The van der Waals surface area contributed by atoms with Gasteiger partial charge in [-0.25, -0.2) is 4.79 Å². The first-order valence-corrected chi connectivity index (χ1v) is 7.28. The summed E-state index contributed by atoms with van der Waals surface area (Å²) in [6, 6.07) is -0.203. The van der Waals surface area contributed by atoms with E-state index in [2.05, 4.69) is 19.2 Å². The van der Waals surface area contributed by atoms with Crippen molar-refractivity contribution in [3.63, 3.8) is 0 Å². The first-order chi connectivity index (χ1) is 9.06. The average Bonchev–Trinajstić information content (AvgIpc) is 2.31. The Balaban J connectivity index is 4.34. The van der Waals surface area contributed by atoms with Gasteiger partial charge in [-0.3, -0.25) is 4.79 Å². The Kier molecular flexibility index (Phi) is 7.61. The minimum Gasteiger partial charge on any atom is -0.481 e. The molecule has 0 radical (unpaired) electrons. The molecule has 0 aromatic rings. The molecule has 5 nitrogen and oxygen atoms in total. The van der Waals surface area contributed by atoms with Crippen molar-refractivity contribution in [2.45, 2.75) is 47.5 Å². The molecule has 0 heterocycles. The number of carboxylic acids is 1. The molecule has 2 unspecified atom stereocenters.